The van der Waals surface area contributed by atoms with E-state index in [4.69, 9.17) is 22.6 Å². The van der Waals surface area contributed by atoms with Crippen LogP contribution >= 0.6 is 23.4 Å². The Labute approximate surface area is 112 Å². The van der Waals surface area contributed by atoms with E-state index in [0.29, 0.717) is 6.42 Å². The van der Waals surface area contributed by atoms with E-state index in [1.807, 2.05) is 31.2 Å². The lowest BCUT2D eigenvalue weighted by atomic mass is 9.94. The number of benzene rings is 1. The second-order valence-electron chi connectivity index (χ2n) is 4.00. The molecule has 0 saturated heterocycles. The monoisotopic (exact) mass is 268 g/mol. The van der Waals surface area contributed by atoms with Crippen LogP contribution in [0.5, 0.6) is 0 Å². The van der Waals surface area contributed by atoms with Crippen LogP contribution in [0.3, 0.4) is 0 Å². The van der Waals surface area contributed by atoms with Gasteiger partial charge in [-0.1, -0.05) is 30.7 Å². The molecule has 0 amide bonds. The minimum absolute atomic E-state index is 0.666. The topological polar surface area (TPSA) is 49.8 Å². The Kier molecular flexibility index (Phi) is 5.84. The van der Waals surface area contributed by atoms with E-state index in [9.17, 15) is 0 Å². The lowest BCUT2D eigenvalue weighted by Gasteiger charge is -2.18. The fourth-order valence-corrected chi connectivity index (χ4v) is 2.63. The highest BCUT2D eigenvalue weighted by Gasteiger charge is 2.20. The SMILES string of the molecule is CCC(N)(C#N)CCCSc1ccccc1Cl. The number of hydrogen-bond donors (Lipinski definition) is 1. The Bertz CT molecular complexity index is 403. The molecule has 0 aliphatic rings. The van der Waals surface area contributed by atoms with Gasteiger partial charge in [-0.05, 0) is 37.1 Å². The minimum atomic E-state index is -0.666. The second kappa shape index (κ2) is 6.90. The summed E-state index contributed by atoms with van der Waals surface area (Å²) >= 11 is 7.76. The fourth-order valence-electron chi connectivity index (χ4n) is 1.44. The van der Waals surface area contributed by atoms with Gasteiger partial charge in [-0.25, -0.2) is 0 Å². The molecule has 1 rings (SSSR count). The molecule has 1 unspecified atom stereocenters. The van der Waals surface area contributed by atoms with Crippen molar-refractivity contribution in [2.75, 3.05) is 5.75 Å². The number of nitrogens with two attached hydrogens (primary N) is 1. The first-order valence-corrected chi connectivity index (χ1v) is 7.05. The van der Waals surface area contributed by atoms with Gasteiger partial charge in [0.2, 0.25) is 0 Å². The maximum atomic E-state index is 8.94. The summed E-state index contributed by atoms with van der Waals surface area (Å²) in [4.78, 5) is 1.09. The Morgan fingerprint density at radius 2 is 2.18 bits per heavy atom. The average molecular weight is 269 g/mol. The number of nitrogens with zero attached hydrogens (tertiary/aromatic N) is 1. The van der Waals surface area contributed by atoms with Gasteiger partial charge in [-0.2, -0.15) is 5.26 Å². The molecule has 0 aliphatic heterocycles. The van der Waals surface area contributed by atoms with Crippen LogP contribution in [0, 0.1) is 11.3 Å². The zero-order valence-electron chi connectivity index (χ0n) is 9.95. The van der Waals surface area contributed by atoms with E-state index in [-0.39, 0.29) is 0 Å². The first-order valence-electron chi connectivity index (χ1n) is 5.69. The number of hydrogen-bond acceptors (Lipinski definition) is 3. The Balaban J connectivity index is 2.35. The summed E-state index contributed by atoms with van der Waals surface area (Å²) in [5.74, 6) is 0.935. The summed E-state index contributed by atoms with van der Waals surface area (Å²) in [5.41, 5.74) is 5.24. The van der Waals surface area contributed by atoms with E-state index in [1.54, 1.807) is 11.8 Å². The van der Waals surface area contributed by atoms with Crippen LogP contribution in [-0.2, 0) is 0 Å². The van der Waals surface area contributed by atoms with Gasteiger partial charge in [0.1, 0.15) is 5.54 Å². The molecule has 2 nitrogen and oxygen atoms in total. The quantitative estimate of drug-likeness (QED) is 0.630. The summed E-state index contributed by atoms with van der Waals surface area (Å²) in [5, 5.41) is 9.73. The van der Waals surface area contributed by atoms with Gasteiger partial charge in [0.05, 0.1) is 11.1 Å². The van der Waals surface area contributed by atoms with Gasteiger partial charge in [0, 0.05) is 4.90 Å². The van der Waals surface area contributed by atoms with E-state index in [1.165, 1.54) is 0 Å². The molecular formula is C13H17ClN2S. The van der Waals surface area contributed by atoms with Crippen LogP contribution in [0.2, 0.25) is 5.02 Å². The Morgan fingerprint density at radius 3 is 2.76 bits per heavy atom. The summed E-state index contributed by atoms with van der Waals surface area (Å²) in [6.07, 6.45) is 2.35. The van der Waals surface area contributed by atoms with Crippen LogP contribution < -0.4 is 5.73 Å². The molecule has 0 fully saturated rings. The van der Waals surface area contributed by atoms with Gasteiger partial charge in [0.15, 0.2) is 0 Å². The predicted molar refractivity (Wildman–Crippen MR) is 74.2 cm³/mol. The van der Waals surface area contributed by atoms with Gasteiger partial charge in [-0.15, -0.1) is 11.8 Å². The van der Waals surface area contributed by atoms with Crippen LogP contribution in [0.25, 0.3) is 0 Å². The molecule has 1 aromatic carbocycles. The maximum absolute atomic E-state index is 8.94. The Hall–Kier alpha value is -0.690. The highest BCUT2D eigenvalue weighted by Crippen LogP contribution is 2.28. The van der Waals surface area contributed by atoms with Crippen LogP contribution in [0.1, 0.15) is 26.2 Å². The van der Waals surface area contributed by atoms with E-state index in [2.05, 4.69) is 6.07 Å². The average Bonchev–Trinajstić information content (AvgIpc) is 2.36. The van der Waals surface area contributed by atoms with Gasteiger partial charge >= 0.3 is 0 Å². The number of halogens is 1. The summed E-state index contributed by atoms with van der Waals surface area (Å²) in [6.45, 7) is 1.95. The lowest BCUT2D eigenvalue weighted by molar-refractivity contribution is 0.478. The maximum Gasteiger partial charge on any atom is 0.104 e. The molecule has 17 heavy (non-hydrogen) atoms. The van der Waals surface area contributed by atoms with E-state index in [0.717, 1.165) is 28.5 Å². The standard InChI is InChI=1S/C13H17ClN2S/c1-2-13(16,10-15)8-5-9-17-12-7-4-3-6-11(12)14/h3-4,6-7H,2,5,8-9,16H2,1H3. The molecule has 2 N–H and O–H groups in total. The molecule has 0 heterocycles. The van der Waals surface area contributed by atoms with Crippen molar-refractivity contribution >= 4 is 23.4 Å². The highest BCUT2D eigenvalue weighted by molar-refractivity contribution is 7.99. The van der Waals surface area contributed by atoms with E-state index < -0.39 is 5.54 Å². The highest BCUT2D eigenvalue weighted by atomic mass is 35.5. The molecule has 0 aliphatic carbocycles. The summed E-state index contributed by atoms with van der Waals surface area (Å²) < 4.78 is 0. The summed E-state index contributed by atoms with van der Waals surface area (Å²) in [7, 11) is 0. The minimum Gasteiger partial charge on any atom is -0.313 e. The third-order valence-electron chi connectivity index (χ3n) is 2.72. The third kappa shape index (κ3) is 4.59. The lowest BCUT2D eigenvalue weighted by Crippen LogP contribution is -2.37. The van der Waals surface area contributed by atoms with Crippen LogP contribution in [0.4, 0.5) is 0 Å². The van der Waals surface area contributed by atoms with Crippen molar-refractivity contribution in [1.82, 2.24) is 0 Å². The van der Waals surface area contributed by atoms with Crippen molar-refractivity contribution < 1.29 is 0 Å². The molecule has 0 radical (unpaired) electrons. The zero-order chi connectivity index (χ0) is 12.7. The molecule has 0 aromatic heterocycles. The van der Waals surface area contributed by atoms with Gasteiger partial charge < -0.3 is 5.73 Å². The third-order valence-corrected chi connectivity index (χ3v) is 4.32. The molecule has 92 valence electrons. The molecular weight excluding hydrogens is 252 g/mol. The van der Waals surface area contributed by atoms with Crippen molar-refractivity contribution in [3.05, 3.63) is 29.3 Å². The van der Waals surface area contributed by atoms with Crippen LogP contribution in [-0.4, -0.2) is 11.3 Å². The first-order chi connectivity index (χ1) is 8.11. The van der Waals surface area contributed by atoms with Crippen molar-refractivity contribution in [3.8, 4) is 6.07 Å². The fraction of sp³-hybridized carbons (Fsp3) is 0.462. The van der Waals surface area contributed by atoms with Crippen molar-refractivity contribution in [1.29, 1.82) is 5.26 Å². The number of rotatable bonds is 6. The molecule has 4 heteroatoms. The van der Waals surface area contributed by atoms with Crippen molar-refractivity contribution in [3.63, 3.8) is 0 Å². The molecule has 0 spiro atoms. The normalized spacial score (nSPS) is 14.0. The first kappa shape index (κ1) is 14.4. The number of thioether (sulfide) groups is 1. The van der Waals surface area contributed by atoms with Gasteiger partial charge in [-0.3, -0.25) is 0 Å². The van der Waals surface area contributed by atoms with Crippen molar-refractivity contribution in [2.45, 2.75) is 36.6 Å². The molecule has 1 aromatic rings. The smallest absolute Gasteiger partial charge is 0.104 e. The number of nitriles is 1. The largest absolute Gasteiger partial charge is 0.313 e. The molecule has 0 bridgehead atoms. The predicted octanol–water partition coefficient (Wildman–Crippen LogP) is 3.84. The van der Waals surface area contributed by atoms with Crippen LogP contribution in [0.15, 0.2) is 29.2 Å². The zero-order valence-corrected chi connectivity index (χ0v) is 11.5. The second-order valence-corrected chi connectivity index (χ2v) is 5.55. The molecule has 1 atom stereocenters. The van der Waals surface area contributed by atoms with Crippen molar-refractivity contribution in [2.24, 2.45) is 5.73 Å². The molecule has 0 saturated carbocycles. The van der Waals surface area contributed by atoms with Gasteiger partial charge in [0.25, 0.3) is 0 Å². The summed E-state index contributed by atoms with van der Waals surface area (Å²) in [6, 6.07) is 9.97. The van der Waals surface area contributed by atoms with E-state index >= 15 is 0 Å². The Morgan fingerprint density at radius 1 is 1.47 bits per heavy atom.